The number of para-hydroxylation sites is 1. The molecule has 0 radical (unpaired) electrons. The van der Waals surface area contributed by atoms with Crippen LogP contribution in [-0.4, -0.2) is 42.4 Å². The zero-order valence-electron chi connectivity index (χ0n) is 12.7. The minimum Gasteiger partial charge on any atom is -0.491 e. The second-order valence-corrected chi connectivity index (χ2v) is 5.02. The van der Waals surface area contributed by atoms with E-state index in [2.05, 4.69) is 18.7 Å². The molecule has 3 N–H and O–H groups in total. The van der Waals surface area contributed by atoms with Gasteiger partial charge in [0.05, 0.1) is 0 Å². The number of ether oxygens (including phenoxy) is 1. The molecule has 0 aliphatic carbocycles. The lowest BCUT2D eigenvalue weighted by Gasteiger charge is -2.23. The maximum atomic E-state index is 10.1. The molecular weight excluding hydrogens is 252 g/mol. The van der Waals surface area contributed by atoms with Gasteiger partial charge in [-0.2, -0.15) is 0 Å². The molecule has 0 saturated heterocycles. The molecule has 0 aromatic heterocycles. The molecule has 1 atom stereocenters. The monoisotopic (exact) mass is 280 g/mol. The van der Waals surface area contributed by atoms with Gasteiger partial charge in [0, 0.05) is 18.7 Å². The van der Waals surface area contributed by atoms with E-state index in [0.717, 1.165) is 30.8 Å². The lowest BCUT2D eigenvalue weighted by molar-refractivity contribution is 0.0691. The quantitative estimate of drug-likeness (QED) is 0.688. The Kier molecular flexibility index (Phi) is 8.26. The van der Waals surface area contributed by atoms with Crippen molar-refractivity contribution in [2.75, 3.05) is 26.2 Å². The third-order valence-electron chi connectivity index (χ3n) is 3.37. The van der Waals surface area contributed by atoms with E-state index in [-0.39, 0.29) is 0 Å². The Balaban J connectivity index is 2.40. The van der Waals surface area contributed by atoms with Gasteiger partial charge in [-0.15, -0.1) is 0 Å². The fourth-order valence-corrected chi connectivity index (χ4v) is 2.11. The molecule has 114 valence electrons. The average Bonchev–Trinajstić information content (AvgIpc) is 2.49. The maximum absolute atomic E-state index is 10.1. The predicted molar refractivity (Wildman–Crippen MR) is 82.9 cm³/mol. The van der Waals surface area contributed by atoms with Crippen molar-refractivity contribution in [2.24, 2.45) is 5.73 Å². The van der Waals surface area contributed by atoms with Gasteiger partial charge in [-0.05, 0) is 25.6 Å². The number of hydrogen-bond donors (Lipinski definition) is 2. The molecule has 20 heavy (non-hydrogen) atoms. The Bertz CT molecular complexity index is 371. The molecule has 0 heterocycles. The third kappa shape index (κ3) is 5.90. The Hall–Kier alpha value is -1.10. The highest BCUT2D eigenvalue weighted by Gasteiger charge is 2.11. The van der Waals surface area contributed by atoms with Crippen molar-refractivity contribution < 1.29 is 9.84 Å². The van der Waals surface area contributed by atoms with Crippen LogP contribution in [-0.2, 0) is 6.54 Å². The summed E-state index contributed by atoms with van der Waals surface area (Å²) in [6.45, 7) is 7.69. The lowest BCUT2D eigenvalue weighted by atomic mass is 10.2. The van der Waals surface area contributed by atoms with Crippen molar-refractivity contribution >= 4 is 0 Å². The summed E-state index contributed by atoms with van der Waals surface area (Å²) < 4.78 is 5.68. The van der Waals surface area contributed by atoms with Crippen LogP contribution in [0.4, 0.5) is 0 Å². The number of aliphatic hydroxyl groups is 1. The lowest BCUT2D eigenvalue weighted by Crippen LogP contribution is -2.36. The third-order valence-corrected chi connectivity index (χ3v) is 3.37. The molecule has 4 heteroatoms. The number of unbranched alkanes of at least 4 members (excludes halogenated alkanes) is 1. The molecule has 1 rings (SSSR count). The van der Waals surface area contributed by atoms with Gasteiger partial charge in [0.1, 0.15) is 18.5 Å². The summed E-state index contributed by atoms with van der Waals surface area (Å²) in [4.78, 5) is 2.26. The van der Waals surface area contributed by atoms with E-state index < -0.39 is 6.10 Å². The Morgan fingerprint density at radius 2 is 2.05 bits per heavy atom. The van der Waals surface area contributed by atoms with Crippen LogP contribution in [0.25, 0.3) is 0 Å². The van der Waals surface area contributed by atoms with Crippen LogP contribution in [0.1, 0.15) is 32.3 Å². The average molecular weight is 280 g/mol. The Morgan fingerprint density at radius 3 is 2.70 bits per heavy atom. The summed E-state index contributed by atoms with van der Waals surface area (Å²) in [5.74, 6) is 0.769. The van der Waals surface area contributed by atoms with Crippen molar-refractivity contribution in [3.63, 3.8) is 0 Å². The van der Waals surface area contributed by atoms with Gasteiger partial charge < -0.3 is 20.5 Å². The van der Waals surface area contributed by atoms with Gasteiger partial charge in [-0.1, -0.05) is 38.5 Å². The molecule has 4 nitrogen and oxygen atoms in total. The smallest absolute Gasteiger partial charge is 0.123 e. The van der Waals surface area contributed by atoms with Crippen LogP contribution in [0.15, 0.2) is 24.3 Å². The molecule has 0 aliphatic rings. The first-order valence-corrected chi connectivity index (χ1v) is 7.52. The summed E-state index contributed by atoms with van der Waals surface area (Å²) >= 11 is 0. The van der Waals surface area contributed by atoms with Crippen molar-refractivity contribution in [1.29, 1.82) is 0 Å². The summed E-state index contributed by atoms with van der Waals surface area (Å²) in [7, 11) is 0. The second kappa shape index (κ2) is 9.75. The summed E-state index contributed by atoms with van der Waals surface area (Å²) in [5.41, 5.74) is 6.63. The van der Waals surface area contributed by atoms with Gasteiger partial charge in [-0.25, -0.2) is 0 Å². The minimum absolute atomic E-state index is 0.305. The molecule has 0 amide bonds. The van der Waals surface area contributed by atoms with Gasteiger partial charge in [0.15, 0.2) is 0 Å². The summed E-state index contributed by atoms with van der Waals surface area (Å²) in [6.07, 6.45) is 1.86. The van der Waals surface area contributed by atoms with E-state index in [1.54, 1.807) is 0 Å². The summed E-state index contributed by atoms with van der Waals surface area (Å²) in [5, 5.41) is 10.1. The van der Waals surface area contributed by atoms with Gasteiger partial charge in [-0.3, -0.25) is 0 Å². The van der Waals surface area contributed by atoms with Crippen molar-refractivity contribution in [3.05, 3.63) is 29.8 Å². The highest BCUT2D eigenvalue weighted by atomic mass is 16.5. The predicted octanol–water partition coefficient (Wildman–Crippen LogP) is 2.01. The molecule has 1 aromatic rings. The van der Waals surface area contributed by atoms with Crippen LogP contribution in [0.2, 0.25) is 0 Å². The highest BCUT2D eigenvalue weighted by molar-refractivity contribution is 5.32. The number of rotatable bonds is 10. The number of hydrogen-bond acceptors (Lipinski definition) is 4. The van der Waals surface area contributed by atoms with Gasteiger partial charge in [0.2, 0.25) is 0 Å². The standard InChI is InChI=1S/C16H28N2O2/c1-3-5-10-18(4-2)12-15(19)13-20-16-9-7-6-8-14(16)11-17/h6-9,15,19H,3-5,10-13,17H2,1-2H3. The molecule has 1 unspecified atom stereocenters. The molecule has 0 fully saturated rings. The van der Waals surface area contributed by atoms with E-state index >= 15 is 0 Å². The molecule has 1 aromatic carbocycles. The number of nitrogens with zero attached hydrogens (tertiary/aromatic N) is 1. The highest BCUT2D eigenvalue weighted by Crippen LogP contribution is 2.17. The van der Waals surface area contributed by atoms with Crippen molar-refractivity contribution in [1.82, 2.24) is 4.90 Å². The normalized spacial score (nSPS) is 12.7. The van der Waals surface area contributed by atoms with Crippen molar-refractivity contribution in [2.45, 2.75) is 39.3 Å². The van der Waals surface area contributed by atoms with Gasteiger partial charge in [0.25, 0.3) is 0 Å². The number of aliphatic hydroxyl groups excluding tert-OH is 1. The fraction of sp³-hybridized carbons (Fsp3) is 0.625. The zero-order valence-corrected chi connectivity index (χ0v) is 12.7. The topological polar surface area (TPSA) is 58.7 Å². The van der Waals surface area contributed by atoms with Crippen molar-refractivity contribution in [3.8, 4) is 5.75 Å². The SMILES string of the molecule is CCCCN(CC)CC(O)COc1ccccc1CN. The Labute approximate surface area is 122 Å². The molecule has 0 aliphatic heterocycles. The Morgan fingerprint density at radius 1 is 1.30 bits per heavy atom. The van der Waals surface area contributed by atoms with E-state index in [0.29, 0.717) is 19.7 Å². The fourth-order valence-electron chi connectivity index (χ4n) is 2.11. The van der Waals surface area contributed by atoms with Gasteiger partial charge >= 0.3 is 0 Å². The first-order chi connectivity index (χ1) is 9.71. The molecule has 0 spiro atoms. The van der Waals surface area contributed by atoms with Crippen LogP contribution < -0.4 is 10.5 Å². The molecule has 0 saturated carbocycles. The van der Waals surface area contributed by atoms with E-state index in [1.807, 2.05) is 24.3 Å². The number of likely N-dealkylation sites (N-methyl/N-ethyl adjacent to an activating group) is 1. The van der Waals surface area contributed by atoms with E-state index in [9.17, 15) is 5.11 Å². The maximum Gasteiger partial charge on any atom is 0.123 e. The van der Waals surface area contributed by atoms with Crippen LogP contribution in [0.3, 0.4) is 0 Å². The molecular formula is C16H28N2O2. The first-order valence-electron chi connectivity index (χ1n) is 7.52. The van der Waals surface area contributed by atoms with Crippen LogP contribution in [0, 0.1) is 0 Å². The first kappa shape index (κ1) is 17.0. The van der Waals surface area contributed by atoms with Crippen LogP contribution in [0.5, 0.6) is 5.75 Å². The number of nitrogens with two attached hydrogens (primary N) is 1. The van der Waals surface area contributed by atoms with E-state index in [1.165, 1.54) is 6.42 Å². The minimum atomic E-state index is -0.474. The number of benzene rings is 1. The van der Waals surface area contributed by atoms with Crippen LogP contribution >= 0.6 is 0 Å². The zero-order chi connectivity index (χ0) is 14.8. The summed E-state index contributed by atoms with van der Waals surface area (Å²) in [6, 6.07) is 7.69. The van der Waals surface area contributed by atoms with E-state index in [4.69, 9.17) is 10.5 Å². The second-order valence-electron chi connectivity index (χ2n) is 5.02. The molecule has 0 bridgehead atoms. The largest absolute Gasteiger partial charge is 0.491 e.